The highest BCUT2D eigenvalue weighted by atomic mass is 32.2. The quantitative estimate of drug-likeness (QED) is 0.674. The number of anilines is 1. The van der Waals surface area contributed by atoms with Gasteiger partial charge in [-0.15, -0.1) is 0 Å². The highest BCUT2D eigenvalue weighted by Gasteiger charge is 2.18. The summed E-state index contributed by atoms with van der Waals surface area (Å²) in [4.78, 5) is 15.4. The largest absolute Gasteiger partial charge is 0.479 e. The van der Waals surface area contributed by atoms with Gasteiger partial charge in [0.15, 0.2) is 6.10 Å². The van der Waals surface area contributed by atoms with Gasteiger partial charge in [-0.25, -0.2) is 13.2 Å². The molecule has 2 aromatic carbocycles. The van der Waals surface area contributed by atoms with Crippen LogP contribution in [-0.2, 0) is 14.8 Å². The molecule has 1 heterocycles. The van der Waals surface area contributed by atoms with Gasteiger partial charge in [-0.2, -0.15) is 0 Å². The SMILES string of the molecule is Cc1ccc(S(=O)(=O)Nc2cc(OC(C)C(=O)O)cc3cccnc23)cc1. The van der Waals surface area contributed by atoms with Crippen molar-refractivity contribution in [2.45, 2.75) is 24.8 Å². The molecular formula is C19H18N2O5S. The van der Waals surface area contributed by atoms with Gasteiger partial charge in [-0.05, 0) is 38.1 Å². The van der Waals surface area contributed by atoms with Crippen molar-refractivity contribution in [2.24, 2.45) is 0 Å². The highest BCUT2D eigenvalue weighted by Crippen LogP contribution is 2.30. The van der Waals surface area contributed by atoms with Crippen molar-refractivity contribution in [1.29, 1.82) is 0 Å². The van der Waals surface area contributed by atoms with Crippen LogP contribution >= 0.6 is 0 Å². The van der Waals surface area contributed by atoms with E-state index in [1.54, 1.807) is 36.5 Å². The topological polar surface area (TPSA) is 106 Å². The lowest BCUT2D eigenvalue weighted by Crippen LogP contribution is -2.23. The number of ether oxygens (including phenoxy) is 1. The Morgan fingerprint density at radius 2 is 1.89 bits per heavy atom. The molecule has 0 amide bonds. The Morgan fingerprint density at radius 1 is 1.19 bits per heavy atom. The van der Waals surface area contributed by atoms with E-state index in [2.05, 4.69) is 9.71 Å². The molecule has 140 valence electrons. The van der Waals surface area contributed by atoms with E-state index < -0.39 is 22.1 Å². The fourth-order valence-electron chi connectivity index (χ4n) is 2.49. The molecule has 0 aliphatic heterocycles. The Hall–Kier alpha value is -3.13. The Morgan fingerprint density at radius 3 is 2.56 bits per heavy atom. The summed E-state index contributed by atoms with van der Waals surface area (Å²) in [5.74, 6) is -0.893. The molecule has 3 aromatic rings. The number of benzene rings is 2. The molecule has 7 nitrogen and oxygen atoms in total. The summed E-state index contributed by atoms with van der Waals surface area (Å²) in [7, 11) is -3.84. The van der Waals surface area contributed by atoms with E-state index >= 15 is 0 Å². The minimum Gasteiger partial charge on any atom is -0.479 e. The van der Waals surface area contributed by atoms with Crippen molar-refractivity contribution in [3.05, 3.63) is 60.3 Å². The number of carboxylic acids is 1. The Balaban J connectivity index is 2.04. The third kappa shape index (κ3) is 4.17. The summed E-state index contributed by atoms with van der Waals surface area (Å²) in [5, 5.41) is 9.65. The second-order valence-corrected chi connectivity index (χ2v) is 7.75. The molecule has 0 saturated carbocycles. The molecule has 0 spiro atoms. The van der Waals surface area contributed by atoms with Crippen LogP contribution in [0.5, 0.6) is 5.75 Å². The van der Waals surface area contributed by atoms with Crippen molar-refractivity contribution in [2.75, 3.05) is 4.72 Å². The lowest BCUT2D eigenvalue weighted by molar-refractivity contribution is -0.144. The van der Waals surface area contributed by atoms with E-state index in [0.717, 1.165) is 5.56 Å². The van der Waals surface area contributed by atoms with Crippen molar-refractivity contribution >= 4 is 32.6 Å². The standard InChI is InChI=1S/C19H18N2O5S/c1-12-5-7-16(8-6-12)27(24,25)21-17-11-15(26-13(2)19(22)23)10-14-4-3-9-20-18(14)17/h3-11,13,21H,1-2H3,(H,22,23). The van der Waals surface area contributed by atoms with E-state index in [0.29, 0.717) is 10.9 Å². The molecule has 3 rings (SSSR count). The molecule has 1 atom stereocenters. The van der Waals surface area contributed by atoms with E-state index in [4.69, 9.17) is 9.84 Å². The molecular weight excluding hydrogens is 368 g/mol. The number of rotatable bonds is 6. The van der Waals surface area contributed by atoms with Gasteiger partial charge in [-0.1, -0.05) is 23.8 Å². The van der Waals surface area contributed by atoms with Crippen molar-refractivity contribution in [1.82, 2.24) is 4.98 Å². The van der Waals surface area contributed by atoms with Gasteiger partial charge < -0.3 is 9.84 Å². The summed E-state index contributed by atoms with van der Waals surface area (Å²) in [6.07, 6.45) is 0.465. The van der Waals surface area contributed by atoms with Crippen LogP contribution < -0.4 is 9.46 Å². The lowest BCUT2D eigenvalue weighted by Gasteiger charge is -2.15. The van der Waals surface area contributed by atoms with Crippen molar-refractivity contribution in [3.63, 3.8) is 0 Å². The summed E-state index contributed by atoms with van der Waals surface area (Å²) >= 11 is 0. The number of aryl methyl sites for hydroxylation is 1. The Kier molecular flexibility index (Phi) is 5.00. The van der Waals surface area contributed by atoms with E-state index in [9.17, 15) is 13.2 Å². The lowest BCUT2D eigenvalue weighted by atomic mass is 10.2. The summed E-state index contributed by atoms with van der Waals surface area (Å²) in [6.45, 7) is 3.26. The number of pyridine rings is 1. The number of fused-ring (bicyclic) bond motifs is 1. The molecule has 0 aliphatic rings. The van der Waals surface area contributed by atoms with Gasteiger partial charge in [0.1, 0.15) is 5.75 Å². The van der Waals surface area contributed by atoms with Crippen LogP contribution in [0.25, 0.3) is 10.9 Å². The second kappa shape index (κ2) is 7.24. The maximum atomic E-state index is 12.7. The summed E-state index contributed by atoms with van der Waals surface area (Å²) < 4.78 is 33.4. The molecule has 1 aromatic heterocycles. The van der Waals surface area contributed by atoms with E-state index in [1.165, 1.54) is 25.1 Å². The van der Waals surface area contributed by atoms with Gasteiger partial charge in [0, 0.05) is 17.6 Å². The molecule has 0 aliphatic carbocycles. The molecule has 2 N–H and O–H groups in total. The summed E-state index contributed by atoms with van der Waals surface area (Å²) in [5.41, 5.74) is 1.59. The van der Waals surface area contributed by atoms with E-state index in [1.807, 2.05) is 6.92 Å². The van der Waals surface area contributed by atoms with Gasteiger partial charge >= 0.3 is 5.97 Å². The zero-order valence-electron chi connectivity index (χ0n) is 14.7. The van der Waals surface area contributed by atoms with Crippen LogP contribution in [0.2, 0.25) is 0 Å². The minimum atomic E-state index is -3.84. The monoisotopic (exact) mass is 386 g/mol. The van der Waals surface area contributed by atoms with Crippen LogP contribution in [0.4, 0.5) is 5.69 Å². The fourth-order valence-corrected chi connectivity index (χ4v) is 3.54. The highest BCUT2D eigenvalue weighted by molar-refractivity contribution is 7.92. The minimum absolute atomic E-state index is 0.113. The van der Waals surface area contributed by atoms with Gasteiger partial charge in [0.05, 0.1) is 16.1 Å². The first-order chi connectivity index (χ1) is 12.8. The zero-order valence-corrected chi connectivity index (χ0v) is 15.5. The predicted molar refractivity (Wildman–Crippen MR) is 101 cm³/mol. The number of carboxylic acid groups (broad SMARTS) is 1. The number of aliphatic carboxylic acids is 1. The van der Waals surface area contributed by atoms with Crippen molar-refractivity contribution < 1.29 is 23.1 Å². The normalized spacial score (nSPS) is 12.5. The average Bonchev–Trinajstić information content (AvgIpc) is 2.61. The molecule has 0 bridgehead atoms. The Labute approximate surface area is 156 Å². The molecule has 0 radical (unpaired) electrons. The molecule has 8 heteroatoms. The van der Waals surface area contributed by atoms with Gasteiger partial charge in [-0.3, -0.25) is 9.71 Å². The second-order valence-electron chi connectivity index (χ2n) is 6.06. The van der Waals surface area contributed by atoms with Crippen LogP contribution in [0.3, 0.4) is 0 Å². The van der Waals surface area contributed by atoms with Crippen LogP contribution in [0.1, 0.15) is 12.5 Å². The first kappa shape index (κ1) is 18.7. The van der Waals surface area contributed by atoms with Gasteiger partial charge in [0.25, 0.3) is 10.0 Å². The number of nitrogens with zero attached hydrogens (tertiary/aromatic N) is 1. The van der Waals surface area contributed by atoms with Crippen molar-refractivity contribution in [3.8, 4) is 5.75 Å². The average molecular weight is 386 g/mol. The molecule has 27 heavy (non-hydrogen) atoms. The predicted octanol–water partition coefficient (Wildman–Crippen LogP) is 3.20. The van der Waals surface area contributed by atoms with Crippen LogP contribution in [0, 0.1) is 6.92 Å². The number of carbonyl (C=O) groups is 1. The maximum absolute atomic E-state index is 12.7. The molecule has 1 unspecified atom stereocenters. The first-order valence-electron chi connectivity index (χ1n) is 8.14. The fraction of sp³-hybridized carbons (Fsp3) is 0.158. The Bertz CT molecular complexity index is 1090. The first-order valence-corrected chi connectivity index (χ1v) is 9.62. The number of hydrogen-bond acceptors (Lipinski definition) is 5. The maximum Gasteiger partial charge on any atom is 0.344 e. The third-order valence-electron chi connectivity index (χ3n) is 3.91. The number of hydrogen-bond donors (Lipinski definition) is 2. The third-order valence-corrected chi connectivity index (χ3v) is 5.30. The van der Waals surface area contributed by atoms with Gasteiger partial charge in [0.2, 0.25) is 0 Å². The molecule has 0 saturated heterocycles. The number of sulfonamides is 1. The van der Waals surface area contributed by atoms with E-state index in [-0.39, 0.29) is 16.3 Å². The number of aromatic nitrogens is 1. The van der Waals surface area contributed by atoms with Crippen LogP contribution in [-0.4, -0.2) is 30.6 Å². The van der Waals surface area contributed by atoms with Crippen LogP contribution in [0.15, 0.2) is 59.6 Å². The smallest absolute Gasteiger partial charge is 0.344 e. The summed E-state index contributed by atoms with van der Waals surface area (Å²) in [6, 6.07) is 12.9. The zero-order chi connectivity index (χ0) is 19.6. The molecule has 0 fully saturated rings. The number of nitrogens with one attached hydrogen (secondary N) is 1.